The fraction of sp³-hybridized carbons (Fsp3) is 0.429. The second kappa shape index (κ2) is 5.25. The molecule has 4 nitrogen and oxygen atoms in total. The standard InChI is InChI=1S/C14H18N4S/c1-2-11-8-18(5-6-19-11)14-12-4-3-10(15)7-13(12)16-9-17-14/h3-4,7,9,11H,2,5-6,8,15H2,1H3. The molecule has 2 heterocycles. The van der Waals surface area contributed by atoms with E-state index in [2.05, 4.69) is 33.6 Å². The number of hydrogen-bond donors (Lipinski definition) is 1. The van der Waals surface area contributed by atoms with E-state index >= 15 is 0 Å². The molecule has 1 aliphatic heterocycles. The predicted octanol–water partition coefficient (Wildman–Crippen LogP) is 2.54. The molecule has 1 aromatic carbocycles. The smallest absolute Gasteiger partial charge is 0.139 e. The Hall–Kier alpha value is -1.49. The molecular weight excluding hydrogens is 256 g/mol. The van der Waals surface area contributed by atoms with Gasteiger partial charge in [0.1, 0.15) is 12.1 Å². The van der Waals surface area contributed by atoms with Crippen molar-refractivity contribution >= 4 is 34.2 Å². The summed E-state index contributed by atoms with van der Waals surface area (Å²) in [5.74, 6) is 2.21. The summed E-state index contributed by atoms with van der Waals surface area (Å²) in [5, 5.41) is 1.80. The topological polar surface area (TPSA) is 55.0 Å². The van der Waals surface area contributed by atoms with Crippen molar-refractivity contribution in [2.45, 2.75) is 18.6 Å². The predicted molar refractivity (Wildman–Crippen MR) is 82.7 cm³/mol. The maximum Gasteiger partial charge on any atom is 0.139 e. The third-order valence-corrected chi connectivity index (χ3v) is 4.91. The Labute approximate surface area is 117 Å². The summed E-state index contributed by atoms with van der Waals surface area (Å²) in [5.41, 5.74) is 7.49. The molecule has 0 saturated carbocycles. The molecule has 0 radical (unpaired) electrons. The first-order valence-corrected chi connectivity index (χ1v) is 7.69. The quantitative estimate of drug-likeness (QED) is 0.853. The highest BCUT2D eigenvalue weighted by Crippen LogP contribution is 2.29. The molecule has 0 bridgehead atoms. The number of hydrogen-bond acceptors (Lipinski definition) is 5. The molecule has 1 unspecified atom stereocenters. The van der Waals surface area contributed by atoms with E-state index in [1.807, 2.05) is 18.2 Å². The number of benzene rings is 1. The van der Waals surface area contributed by atoms with Crippen LogP contribution in [0.4, 0.5) is 11.5 Å². The van der Waals surface area contributed by atoms with Gasteiger partial charge in [0.15, 0.2) is 0 Å². The summed E-state index contributed by atoms with van der Waals surface area (Å²) in [6, 6.07) is 5.87. The lowest BCUT2D eigenvalue weighted by molar-refractivity contribution is 0.722. The minimum absolute atomic E-state index is 0.701. The molecule has 0 spiro atoms. The molecule has 2 N–H and O–H groups in total. The number of nitrogens with zero attached hydrogens (tertiary/aromatic N) is 3. The zero-order valence-electron chi connectivity index (χ0n) is 11.0. The van der Waals surface area contributed by atoms with Crippen LogP contribution < -0.4 is 10.6 Å². The summed E-state index contributed by atoms with van der Waals surface area (Å²) < 4.78 is 0. The van der Waals surface area contributed by atoms with Crippen LogP contribution in [0.1, 0.15) is 13.3 Å². The molecule has 1 aliphatic rings. The Balaban J connectivity index is 2.00. The van der Waals surface area contributed by atoms with Crippen LogP contribution in [0, 0.1) is 0 Å². The molecule has 0 amide bonds. The lowest BCUT2D eigenvalue weighted by Gasteiger charge is -2.33. The van der Waals surface area contributed by atoms with Crippen molar-refractivity contribution in [3.05, 3.63) is 24.5 Å². The van der Waals surface area contributed by atoms with Crippen molar-refractivity contribution in [1.29, 1.82) is 0 Å². The van der Waals surface area contributed by atoms with Crippen LogP contribution in [-0.2, 0) is 0 Å². The van der Waals surface area contributed by atoms with Gasteiger partial charge in [-0.05, 0) is 24.6 Å². The van der Waals surface area contributed by atoms with Crippen LogP contribution in [0.5, 0.6) is 0 Å². The number of anilines is 2. The fourth-order valence-electron chi connectivity index (χ4n) is 2.47. The van der Waals surface area contributed by atoms with Gasteiger partial charge in [-0.2, -0.15) is 11.8 Å². The van der Waals surface area contributed by atoms with Gasteiger partial charge in [0.05, 0.1) is 5.52 Å². The highest BCUT2D eigenvalue weighted by atomic mass is 32.2. The van der Waals surface area contributed by atoms with Gasteiger partial charge in [0, 0.05) is 35.2 Å². The Morgan fingerprint density at radius 3 is 3.16 bits per heavy atom. The van der Waals surface area contributed by atoms with Crippen molar-refractivity contribution in [3.63, 3.8) is 0 Å². The zero-order valence-corrected chi connectivity index (χ0v) is 11.9. The van der Waals surface area contributed by atoms with Crippen LogP contribution in [0.25, 0.3) is 10.9 Å². The zero-order chi connectivity index (χ0) is 13.2. The molecule has 1 aromatic heterocycles. The first-order valence-electron chi connectivity index (χ1n) is 6.64. The minimum atomic E-state index is 0.701. The number of thioether (sulfide) groups is 1. The maximum absolute atomic E-state index is 5.82. The van der Waals surface area contributed by atoms with E-state index < -0.39 is 0 Å². The Morgan fingerprint density at radius 1 is 1.42 bits per heavy atom. The summed E-state index contributed by atoms with van der Waals surface area (Å²) >= 11 is 2.06. The van der Waals surface area contributed by atoms with E-state index in [4.69, 9.17) is 5.73 Å². The lowest BCUT2D eigenvalue weighted by atomic mass is 10.2. The van der Waals surface area contributed by atoms with Crippen LogP contribution in [0.15, 0.2) is 24.5 Å². The number of fused-ring (bicyclic) bond motifs is 1. The molecule has 0 aliphatic carbocycles. The van der Waals surface area contributed by atoms with Gasteiger partial charge in [0.2, 0.25) is 0 Å². The highest BCUT2D eigenvalue weighted by molar-refractivity contribution is 8.00. The van der Waals surface area contributed by atoms with E-state index in [1.165, 1.54) is 12.2 Å². The third kappa shape index (κ3) is 2.47. The molecule has 1 saturated heterocycles. The highest BCUT2D eigenvalue weighted by Gasteiger charge is 2.21. The number of rotatable bonds is 2. The van der Waals surface area contributed by atoms with Gasteiger partial charge in [-0.1, -0.05) is 6.92 Å². The van der Waals surface area contributed by atoms with Gasteiger partial charge >= 0.3 is 0 Å². The normalized spacial score (nSPS) is 19.8. The van der Waals surface area contributed by atoms with Gasteiger partial charge in [-0.3, -0.25) is 0 Å². The number of nitrogens with two attached hydrogens (primary N) is 1. The first-order chi connectivity index (χ1) is 9.28. The minimum Gasteiger partial charge on any atom is -0.399 e. The largest absolute Gasteiger partial charge is 0.399 e. The van der Waals surface area contributed by atoms with Gasteiger partial charge in [-0.25, -0.2) is 9.97 Å². The van der Waals surface area contributed by atoms with Gasteiger partial charge in [0.25, 0.3) is 0 Å². The monoisotopic (exact) mass is 274 g/mol. The van der Waals surface area contributed by atoms with Gasteiger partial charge < -0.3 is 10.6 Å². The molecule has 2 aromatic rings. The van der Waals surface area contributed by atoms with Crippen molar-refractivity contribution in [2.24, 2.45) is 0 Å². The summed E-state index contributed by atoms with van der Waals surface area (Å²) in [6.45, 7) is 4.37. The SMILES string of the molecule is CCC1CN(c2ncnc3cc(N)ccc23)CCS1. The van der Waals surface area contributed by atoms with Crippen LogP contribution in [0.2, 0.25) is 0 Å². The van der Waals surface area contributed by atoms with Gasteiger partial charge in [-0.15, -0.1) is 0 Å². The number of nitrogen functional groups attached to an aromatic ring is 1. The molecule has 3 rings (SSSR count). The Kier molecular flexibility index (Phi) is 3.46. The first kappa shape index (κ1) is 12.5. The van der Waals surface area contributed by atoms with Crippen LogP contribution in [-0.4, -0.2) is 34.1 Å². The second-order valence-corrected chi connectivity index (χ2v) is 6.23. The summed E-state index contributed by atoms with van der Waals surface area (Å²) in [4.78, 5) is 11.2. The van der Waals surface area contributed by atoms with E-state index in [0.717, 1.165) is 35.5 Å². The molecular formula is C14H18N4S. The number of aromatic nitrogens is 2. The van der Waals surface area contributed by atoms with Crippen molar-refractivity contribution in [3.8, 4) is 0 Å². The Bertz CT molecular complexity index is 587. The maximum atomic E-state index is 5.82. The van der Waals surface area contributed by atoms with Crippen LogP contribution >= 0.6 is 11.8 Å². The fourth-order valence-corrected chi connectivity index (χ4v) is 3.65. The molecule has 1 atom stereocenters. The lowest BCUT2D eigenvalue weighted by Crippen LogP contribution is -2.38. The molecule has 1 fully saturated rings. The summed E-state index contributed by atoms with van der Waals surface area (Å²) in [6.07, 6.45) is 2.84. The van der Waals surface area contributed by atoms with Crippen molar-refractivity contribution < 1.29 is 0 Å². The van der Waals surface area contributed by atoms with Crippen LogP contribution in [0.3, 0.4) is 0 Å². The van der Waals surface area contributed by atoms with E-state index in [1.54, 1.807) is 6.33 Å². The average molecular weight is 274 g/mol. The average Bonchev–Trinajstić information content (AvgIpc) is 2.46. The third-order valence-electron chi connectivity index (χ3n) is 3.53. The molecule has 19 heavy (non-hydrogen) atoms. The second-order valence-electron chi connectivity index (χ2n) is 4.82. The van der Waals surface area contributed by atoms with Crippen molar-refractivity contribution in [1.82, 2.24) is 9.97 Å². The molecule has 5 heteroatoms. The van der Waals surface area contributed by atoms with E-state index in [-0.39, 0.29) is 0 Å². The Morgan fingerprint density at radius 2 is 2.32 bits per heavy atom. The molecule has 100 valence electrons. The summed E-state index contributed by atoms with van der Waals surface area (Å²) in [7, 11) is 0. The van der Waals surface area contributed by atoms with E-state index in [0.29, 0.717) is 5.25 Å². The van der Waals surface area contributed by atoms with E-state index in [9.17, 15) is 0 Å². The van der Waals surface area contributed by atoms with Crippen molar-refractivity contribution in [2.75, 3.05) is 29.5 Å².